The quantitative estimate of drug-likeness (QED) is 0.877. The van der Waals surface area contributed by atoms with Crippen LogP contribution in [0.15, 0.2) is 23.1 Å². The molecule has 2 unspecified atom stereocenters. The molecule has 0 amide bonds. The zero-order valence-electron chi connectivity index (χ0n) is 11.8. The molecule has 0 radical (unpaired) electrons. The number of hydrogen-bond acceptors (Lipinski definition) is 4. The van der Waals surface area contributed by atoms with Gasteiger partial charge in [-0.2, -0.15) is 0 Å². The van der Waals surface area contributed by atoms with Gasteiger partial charge in [0, 0.05) is 19.7 Å². The van der Waals surface area contributed by atoms with Gasteiger partial charge in [0.05, 0.1) is 16.5 Å². The Balaban J connectivity index is 1.89. The number of ether oxygens (including phenoxy) is 1. The van der Waals surface area contributed by atoms with Crippen molar-refractivity contribution in [1.82, 2.24) is 10.0 Å². The van der Waals surface area contributed by atoms with Crippen molar-refractivity contribution in [2.75, 3.05) is 6.61 Å². The van der Waals surface area contributed by atoms with Crippen molar-refractivity contribution in [3.8, 4) is 0 Å². The van der Waals surface area contributed by atoms with Crippen molar-refractivity contribution >= 4 is 10.0 Å². The van der Waals surface area contributed by atoms with Crippen molar-refractivity contribution in [2.24, 2.45) is 0 Å². The van der Waals surface area contributed by atoms with E-state index in [1.54, 1.807) is 12.1 Å². The van der Waals surface area contributed by atoms with Gasteiger partial charge in [-0.1, -0.05) is 6.07 Å². The van der Waals surface area contributed by atoms with Crippen LogP contribution in [0.2, 0.25) is 0 Å². The van der Waals surface area contributed by atoms with Gasteiger partial charge in [-0.05, 0) is 43.5 Å². The fourth-order valence-electron chi connectivity index (χ4n) is 2.77. The lowest BCUT2D eigenvalue weighted by molar-refractivity contribution is 0.0957. The van der Waals surface area contributed by atoms with E-state index in [9.17, 15) is 8.42 Å². The minimum absolute atomic E-state index is 0.117. The number of nitrogens with one attached hydrogen (secondary N) is 2. The maximum atomic E-state index is 12.6. The second-order valence-electron chi connectivity index (χ2n) is 5.82. The Kier molecular flexibility index (Phi) is 3.36. The highest BCUT2D eigenvalue weighted by molar-refractivity contribution is 7.89. The summed E-state index contributed by atoms with van der Waals surface area (Å²) in [6.45, 7) is 5.94. The number of rotatable bonds is 3. The van der Waals surface area contributed by atoms with Crippen molar-refractivity contribution in [3.05, 3.63) is 29.3 Å². The first-order chi connectivity index (χ1) is 9.41. The van der Waals surface area contributed by atoms with Crippen molar-refractivity contribution in [1.29, 1.82) is 0 Å². The second-order valence-corrected chi connectivity index (χ2v) is 7.50. The molecule has 5 nitrogen and oxygen atoms in total. The van der Waals surface area contributed by atoms with Crippen LogP contribution in [0.1, 0.15) is 31.4 Å². The van der Waals surface area contributed by atoms with Gasteiger partial charge in [0.25, 0.3) is 0 Å². The van der Waals surface area contributed by atoms with Gasteiger partial charge < -0.3 is 10.1 Å². The SMILES string of the molecule is CC1OCCC1(C)NS(=O)(=O)c1ccc2c(c1)CNC2. The molecule has 1 fully saturated rings. The lowest BCUT2D eigenvalue weighted by Gasteiger charge is -2.28. The molecular formula is C14H20N2O3S. The predicted octanol–water partition coefficient (Wildman–Crippen LogP) is 1.14. The van der Waals surface area contributed by atoms with Crippen LogP contribution < -0.4 is 10.0 Å². The van der Waals surface area contributed by atoms with Crippen LogP contribution in [0.3, 0.4) is 0 Å². The molecule has 1 saturated heterocycles. The predicted molar refractivity (Wildman–Crippen MR) is 75.7 cm³/mol. The number of fused-ring (bicyclic) bond motifs is 1. The topological polar surface area (TPSA) is 67.4 Å². The molecule has 20 heavy (non-hydrogen) atoms. The molecule has 2 atom stereocenters. The first-order valence-electron chi connectivity index (χ1n) is 6.89. The molecule has 0 spiro atoms. The van der Waals surface area contributed by atoms with Gasteiger partial charge in [0.15, 0.2) is 0 Å². The summed E-state index contributed by atoms with van der Waals surface area (Å²) in [5.41, 5.74) is 1.71. The zero-order valence-corrected chi connectivity index (χ0v) is 12.6. The molecule has 3 rings (SSSR count). The van der Waals surface area contributed by atoms with Gasteiger partial charge in [-0.15, -0.1) is 0 Å². The molecule has 0 saturated carbocycles. The largest absolute Gasteiger partial charge is 0.376 e. The summed E-state index contributed by atoms with van der Waals surface area (Å²) >= 11 is 0. The Morgan fingerprint density at radius 2 is 2.10 bits per heavy atom. The van der Waals surface area contributed by atoms with Crippen LogP contribution in [0, 0.1) is 0 Å². The Hall–Kier alpha value is -0.950. The maximum Gasteiger partial charge on any atom is 0.241 e. The van der Waals surface area contributed by atoms with E-state index in [1.807, 2.05) is 19.9 Å². The summed E-state index contributed by atoms with van der Waals surface area (Å²) in [6, 6.07) is 5.33. The minimum Gasteiger partial charge on any atom is -0.376 e. The summed E-state index contributed by atoms with van der Waals surface area (Å²) in [5.74, 6) is 0. The second kappa shape index (κ2) is 4.80. The average Bonchev–Trinajstić information content (AvgIpc) is 2.96. The molecule has 2 N–H and O–H groups in total. The summed E-state index contributed by atoms with van der Waals surface area (Å²) in [4.78, 5) is 0.334. The zero-order chi connectivity index (χ0) is 14.4. The third-order valence-electron chi connectivity index (χ3n) is 4.37. The number of hydrogen-bond donors (Lipinski definition) is 2. The first kappa shape index (κ1) is 14.0. The fourth-order valence-corrected chi connectivity index (χ4v) is 4.32. The third-order valence-corrected chi connectivity index (χ3v) is 5.98. The van der Waals surface area contributed by atoms with E-state index in [0.717, 1.165) is 18.7 Å². The molecular weight excluding hydrogens is 276 g/mol. The Morgan fingerprint density at radius 1 is 1.35 bits per heavy atom. The highest BCUT2D eigenvalue weighted by Gasteiger charge is 2.40. The highest BCUT2D eigenvalue weighted by Crippen LogP contribution is 2.28. The summed E-state index contributed by atoms with van der Waals surface area (Å²) in [6.07, 6.45) is 0.577. The molecule has 2 aliphatic rings. The van der Waals surface area contributed by atoms with Crippen LogP contribution in [0.5, 0.6) is 0 Å². The van der Waals surface area contributed by atoms with E-state index < -0.39 is 15.6 Å². The van der Waals surface area contributed by atoms with Crippen molar-refractivity contribution in [2.45, 2.75) is 49.9 Å². The van der Waals surface area contributed by atoms with Crippen molar-refractivity contribution in [3.63, 3.8) is 0 Å². The number of sulfonamides is 1. The number of benzene rings is 1. The molecule has 110 valence electrons. The van der Waals surface area contributed by atoms with Crippen LogP contribution in [0.25, 0.3) is 0 Å². The van der Waals surface area contributed by atoms with Gasteiger partial charge >= 0.3 is 0 Å². The lowest BCUT2D eigenvalue weighted by atomic mass is 9.97. The van der Waals surface area contributed by atoms with E-state index in [4.69, 9.17) is 4.74 Å². The smallest absolute Gasteiger partial charge is 0.241 e. The summed E-state index contributed by atoms with van der Waals surface area (Å²) in [7, 11) is -3.51. The summed E-state index contributed by atoms with van der Waals surface area (Å²) < 4.78 is 33.4. The van der Waals surface area contributed by atoms with E-state index in [-0.39, 0.29) is 6.10 Å². The van der Waals surface area contributed by atoms with E-state index in [2.05, 4.69) is 10.0 Å². The van der Waals surface area contributed by atoms with Gasteiger partial charge in [0.2, 0.25) is 10.0 Å². The van der Waals surface area contributed by atoms with Crippen LogP contribution >= 0.6 is 0 Å². The van der Waals surface area contributed by atoms with Gasteiger partial charge in [-0.25, -0.2) is 13.1 Å². The molecule has 2 heterocycles. The normalized spacial score (nSPS) is 29.6. The molecule has 0 aromatic heterocycles. The molecule has 2 aliphatic heterocycles. The summed E-state index contributed by atoms with van der Waals surface area (Å²) in [5, 5.41) is 3.22. The molecule has 0 bridgehead atoms. The molecule has 0 aliphatic carbocycles. The van der Waals surface area contributed by atoms with E-state index in [0.29, 0.717) is 17.9 Å². The van der Waals surface area contributed by atoms with Crippen LogP contribution in [-0.4, -0.2) is 26.7 Å². The van der Waals surface area contributed by atoms with Crippen LogP contribution in [0.4, 0.5) is 0 Å². The maximum absolute atomic E-state index is 12.6. The average molecular weight is 296 g/mol. The Morgan fingerprint density at radius 3 is 2.80 bits per heavy atom. The highest BCUT2D eigenvalue weighted by atomic mass is 32.2. The molecule has 6 heteroatoms. The first-order valence-corrected chi connectivity index (χ1v) is 8.37. The Labute approximate surface area is 119 Å². The monoisotopic (exact) mass is 296 g/mol. The Bertz CT molecular complexity index is 629. The molecule has 1 aromatic carbocycles. The fraction of sp³-hybridized carbons (Fsp3) is 0.571. The van der Waals surface area contributed by atoms with E-state index in [1.165, 1.54) is 5.56 Å². The minimum atomic E-state index is -3.51. The van der Waals surface area contributed by atoms with Crippen LogP contribution in [-0.2, 0) is 27.8 Å². The lowest BCUT2D eigenvalue weighted by Crippen LogP contribution is -2.50. The molecule has 1 aromatic rings. The van der Waals surface area contributed by atoms with Gasteiger partial charge in [0.1, 0.15) is 0 Å². The van der Waals surface area contributed by atoms with Gasteiger partial charge in [-0.3, -0.25) is 0 Å². The van der Waals surface area contributed by atoms with E-state index >= 15 is 0 Å². The third kappa shape index (κ3) is 2.37. The van der Waals surface area contributed by atoms with Crippen molar-refractivity contribution < 1.29 is 13.2 Å². The standard InChI is InChI=1S/C14H20N2O3S/c1-10-14(2,5-6-19-10)16-20(17,18)13-4-3-11-8-15-9-12(11)7-13/h3-4,7,10,15-16H,5-6,8-9H2,1-2H3.